The van der Waals surface area contributed by atoms with Crippen molar-refractivity contribution < 1.29 is 19.4 Å². The molecule has 2 aromatic rings. The number of carboxylic acids is 1. The summed E-state index contributed by atoms with van der Waals surface area (Å²) in [5.74, 6) is -1.23. The summed E-state index contributed by atoms with van der Waals surface area (Å²) in [6.45, 7) is 2.68. The van der Waals surface area contributed by atoms with Crippen LogP contribution in [0.4, 0.5) is 0 Å². The van der Waals surface area contributed by atoms with Crippen molar-refractivity contribution in [1.82, 2.24) is 14.7 Å². The lowest BCUT2D eigenvalue weighted by molar-refractivity contribution is -0.160. The fourth-order valence-electron chi connectivity index (χ4n) is 2.86. The molecule has 0 bridgehead atoms. The van der Waals surface area contributed by atoms with E-state index in [4.69, 9.17) is 4.74 Å². The number of carboxylic acid groups (broad SMARTS) is 1. The molecular formula is C17H19N3O4. The molecule has 1 aliphatic heterocycles. The van der Waals surface area contributed by atoms with Gasteiger partial charge in [-0.25, -0.2) is 4.79 Å². The second-order valence-electron chi connectivity index (χ2n) is 5.84. The topological polar surface area (TPSA) is 84.7 Å². The number of carbonyl (C=O) groups is 2. The van der Waals surface area contributed by atoms with Crippen LogP contribution in [0.2, 0.25) is 0 Å². The Balaban J connectivity index is 1.83. The predicted octanol–water partition coefficient (Wildman–Crippen LogP) is 1.25. The van der Waals surface area contributed by atoms with Crippen molar-refractivity contribution in [1.29, 1.82) is 0 Å². The summed E-state index contributed by atoms with van der Waals surface area (Å²) in [5, 5.41) is 13.3. The molecule has 0 spiro atoms. The molecule has 2 heterocycles. The Morgan fingerprint density at radius 1 is 1.29 bits per heavy atom. The van der Waals surface area contributed by atoms with Crippen molar-refractivity contribution in [2.24, 2.45) is 0 Å². The number of ether oxygens (including phenoxy) is 1. The summed E-state index contributed by atoms with van der Waals surface area (Å²) in [4.78, 5) is 25.7. The minimum absolute atomic E-state index is 0.0502. The Kier molecular flexibility index (Phi) is 4.61. The van der Waals surface area contributed by atoms with E-state index in [-0.39, 0.29) is 18.6 Å². The number of amides is 1. The summed E-state index contributed by atoms with van der Waals surface area (Å²) in [6.07, 6.45) is 2.21. The van der Waals surface area contributed by atoms with Crippen LogP contribution in [0.3, 0.4) is 0 Å². The van der Waals surface area contributed by atoms with Gasteiger partial charge >= 0.3 is 5.97 Å². The zero-order chi connectivity index (χ0) is 17.1. The average Bonchev–Trinajstić information content (AvgIpc) is 3.07. The second-order valence-corrected chi connectivity index (χ2v) is 5.84. The normalized spacial score (nSPS) is 20.8. The van der Waals surface area contributed by atoms with Crippen molar-refractivity contribution in [3.8, 4) is 0 Å². The molecule has 7 nitrogen and oxygen atoms in total. The van der Waals surface area contributed by atoms with Crippen LogP contribution in [0, 0.1) is 0 Å². The summed E-state index contributed by atoms with van der Waals surface area (Å²) in [6, 6.07) is 9.14. The zero-order valence-corrected chi connectivity index (χ0v) is 13.3. The standard InChI is InChI=1S/C17H19N3O4/c1-12-9-19(11-15(24-12)17(22)23)16(21)14-6-3-2-5-13(14)10-20-8-4-7-18-20/h2-8,12,15H,9-11H2,1H3,(H,22,23)/t12-,15?/m1/s1. The van der Waals surface area contributed by atoms with E-state index in [1.165, 1.54) is 0 Å². The largest absolute Gasteiger partial charge is 0.479 e. The number of benzene rings is 1. The Morgan fingerprint density at radius 2 is 2.08 bits per heavy atom. The molecule has 1 fully saturated rings. The summed E-state index contributed by atoms with van der Waals surface area (Å²) in [7, 11) is 0. The highest BCUT2D eigenvalue weighted by Gasteiger charge is 2.33. The van der Waals surface area contributed by atoms with Gasteiger partial charge in [-0.1, -0.05) is 18.2 Å². The van der Waals surface area contributed by atoms with Crippen LogP contribution in [0.25, 0.3) is 0 Å². The van der Waals surface area contributed by atoms with Crippen LogP contribution < -0.4 is 0 Å². The molecule has 1 aromatic carbocycles. The van der Waals surface area contributed by atoms with Crippen LogP contribution in [-0.2, 0) is 16.1 Å². The fraction of sp³-hybridized carbons (Fsp3) is 0.353. The Hall–Kier alpha value is -2.67. The van der Waals surface area contributed by atoms with Crippen LogP contribution in [0.1, 0.15) is 22.8 Å². The molecule has 7 heteroatoms. The third-order valence-electron chi connectivity index (χ3n) is 3.96. The lowest BCUT2D eigenvalue weighted by Crippen LogP contribution is -2.51. The van der Waals surface area contributed by atoms with Gasteiger partial charge in [-0.3, -0.25) is 9.48 Å². The molecule has 1 unspecified atom stereocenters. The molecule has 2 atom stereocenters. The van der Waals surface area contributed by atoms with E-state index in [0.717, 1.165) is 5.56 Å². The van der Waals surface area contributed by atoms with Crippen molar-refractivity contribution in [3.63, 3.8) is 0 Å². The van der Waals surface area contributed by atoms with Gasteiger partial charge in [0.25, 0.3) is 5.91 Å². The fourth-order valence-corrected chi connectivity index (χ4v) is 2.86. The number of hydrogen-bond donors (Lipinski definition) is 1. The zero-order valence-electron chi connectivity index (χ0n) is 13.3. The molecule has 0 saturated carbocycles. The van der Waals surface area contributed by atoms with E-state index in [1.807, 2.05) is 24.4 Å². The first-order valence-electron chi connectivity index (χ1n) is 7.77. The SMILES string of the molecule is C[C@@H]1CN(C(=O)c2ccccc2Cn2cccn2)CC(C(=O)O)O1. The molecule has 126 valence electrons. The van der Waals surface area contributed by atoms with Gasteiger partial charge in [0, 0.05) is 24.5 Å². The lowest BCUT2D eigenvalue weighted by Gasteiger charge is -2.35. The highest BCUT2D eigenvalue weighted by Crippen LogP contribution is 2.18. The van der Waals surface area contributed by atoms with Crippen molar-refractivity contribution >= 4 is 11.9 Å². The molecule has 0 radical (unpaired) electrons. The number of morpholine rings is 1. The van der Waals surface area contributed by atoms with E-state index in [9.17, 15) is 14.7 Å². The molecule has 1 aromatic heterocycles. The van der Waals surface area contributed by atoms with Gasteiger partial charge in [-0.05, 0) is 24.6 Å². The summed E-state index contributed by atoms with van der Waals surface area (Å²) >= 11 is 0. The van der Waals surface area contributed by atoms with E-state index < -0.39 is 12.1 Å². The molecule has 1 N–H and O–H groups in total. The van der Waals surface area contributed by atoms with Gasteiger partial charge in [-0.15, -0.1) is 0 Å². The highest BCUT2D eigenvalue weighted by molar-refractivity contribution is 5.96. The van der Waals surface area contributed by atoms with Gasteiger partial charge in [0.2, 0.25) is 0 Å². The van der Waals surface area contributed by atoms with Crippen molar-refractivity contribution in [3.05, 3.63) is 53.9 Å². The molecular weight excluding hydrogens is 310 g/mol. The molecule has 3 rings (SSSR count). The molecule has 0 aliphatic carbocycles. The first-order valence-corrected chi connectivity index (χ1v) is 7.77. The summed E-state index contributed by atoms with van der Waals surface area (Å²) < 4.78 is 7.12. The Morgan fingerprint density at radius 3 is 2.79 bits per heavy atom. The van der Waals surface area contributed by atoms with Gasteiger partial charge < -0.3 is 14.7 Å². The van der Waals surface area contributed by atoms with Crippen LogP contribution in [0.15, 0.2) is 42.7 Å². The monoisotopic (exact) mass is 329 g/mol. The lowest BCUT2D eigenvalue weighted by atomic mass is 10.0. The minimum Gasteiger partial charge on any atom is -0.479 e. The highest BCUT2D eigenvalue weighted by atomic mass is 16.5. The van der Waals surface area contributed by atoms with Crippen LogP contribution in [-0.4, -0.2) is 57.0 Å². The maximum atomic E-state index is 12.9. The smallest absolute Gasteiger partial charge is 0.334 e. The van der Waals surface area contributed by atoms with E-state index >= 15 is 0 Å². The summed E-state index contributed by atoms with van der Waals surface area (Å²) in [5.41, 5.74) is 1.41. The van der Waals surface area contributed by atoms with Gasteiger partial charge in [0.05, 0.1) is 19.2 Å². The quantitative estimate of drug-likeness (QED) is 0.912. The first kappa shape index (κ1) is 16.2. The number of aromatic nitrogens is 2. The van der Waals surface area contributed by atoms with Crippen LogP contribution >= 0.6 is 0 Å². The molecule has 24 heavy (non-hydrogen) atoms. The maximum Gasteiger partial charge on any atom is 0.334 e. The predicted molar refractivity (Wildman–Crippen MR) is 85.6 cm³/mol. The third-order valence-corrected chi connectivity index (χ3v) is 3.96. The Bertz CT molecular complexity index is 729. The molecule has 1 amide bonds. The van der Waals surface area contributed by atoms with E-state index in [0.29, 0.717) is 18.7 Å². The third kappa shape index (κ3) is 3.46. The number of hydrogen-bond acceptors (Lipinski definition) is 4. The van der Waals surface area contributed by atoms with Crippen molar-refractivity contribution in [2.75, 3.05) is 13.1 Å². The number of nitrogens with zero attached hydrogens (tertiary/aromatic N) is 3. The molecule has 1 saturated heterocycles. The minimum atomic E-state index is -1.05. The Labute approximate surface area is 139 Å². The second kappa shape index (κ2) is 6.84. The molecule has 1 aliphatic rings. The van der Waals surface area contributed by atoms with Crippen LogP contribution in [0.5, 0.6) is 0 Å². The average molecular weight is 329 g/mol. The maximum absolute atomic E-state index is 12.9. The number of carbonyl (C=O) groups excluding carboxylic acids is 1. The van der Waals surface area contributed by atoms with Gasteiger partial charge in [0.15, 0.2) is 6.10 Å². The van der Waals surface area contributed by atoms with Gasteiger partial charge in [0.1, 0.15) is 0 Å². The van der Waals surface area contributed by atoms with E-state index in [1.54, 1.807) is 34.8 Å². The van der Waals surface area contributed by atoms with Gasteiger partial charge in [-0.2, -0.15) is 5.10 Å². The van der Waals surface area contributed by atoms with E-state index in [2.05, 4.69) is 5.10 Å². The van der Waals surface area contributed by atoms with Crippen molar-refractivity contribution in [2.45, 2.75) is 25.7 Å². The first-order chi connectivity index (χ1) is 11.5. The number of aliphatic carboxylic acids is 1. The number of rotatable bonds is 4.